The van der Waals surface area contributed by atoms with E-state index in [1.165, 1.54) is 6.07 Å². The van der Waals surface area contributed by atoms with Crippen LogP contribution in [0.1, 0.15) is 25.3 Å². The van der Waals surface area contributed by atoms with Crippen molar-refractivity contribution in [1.29, 1.82) is 0 Å². The zero-order valence-corrected chi connectivity index (χ0v) is 15.4. The number of benzene rings is 1. The number of nitrogens with zero attached hydrogens (tertiary/aromatic N) is 1. The van der Waals surface area contributed by atoms with E-state index in [-0.39, 0.29) is 35.5 Å². The zero-order chi connectivity index (χ0) is 18.3. The van der Waals surface area contributed by atoms with Gasteiger partial charge in [0, 0.05) is 35.9 Å². The van der Waals surface area contributed by atoms with E-state index in [1.807, 2.05) is 13.8 Å². The maximum atomic E-state index is 11.3. The fourth-order valence-corrected chi connectivity index (χ4v) is 4.35. The Kier molecular flexibility index (Phi) is 5.40. The van der Waals surface area contributed by atoms with E-state index in [0.717, 1.165) is 0 Å². The van der Waals surface area contributed by atoms with Crippen molar-refractivity contribution in [2.24, 2.45) is 11.8 Å². The van der Waals surface area contributed by atoms with Crippen LogP contribution in [0.15, 0.2) is 22.7 Å². The Morgan fingerprint density at radius 2 is 1.60 bits per heavy atom. The summed E-state index contributed by atoms with van der Waals surface area (Å²) in [5.74, 6) is -0.860. The summed E-state index contributed by atoms with van der Waals surface area (Å²) in [7, 11) is 0. The summed E-state index contributed by atoms with van der Waals surface area (Å²) in [6, 6.07) is 4.80. The summed E-state index contributed by atoms with van der Waals surface area (Å²) in [5, 5.41) is 32.2. The standard InChI is InChI=1S/C15H22BrN5O4/c1-6-11(14(22)19-17-6)13(12-7(2)18-20-15(12)23)8-3-4-9(16)10(5-8)21(24)25/h3-7,11-15,17-20,22-23H,1-2H3. The van der Waals surface area contributed by atoms with Crippen LogP contribution in [0, 0.1) is 22.0 Å². The van der Waals surface area contributed by atoms with E-state index in [9.17, 15) is 20.3 Å². The second-order valence-corrected chi connectivity index (χ2v) is 7.55. The van der Waals surface area contributed by atoms with Gasteiger partial charge < -0.3 is 10.2 Å². The Hall–Kier alpha value is -1.14. The van der Waals surface area contributed by atoms with E-state index < -0.39 is 17.4 Å². The highest BCUT2D eigenvalue weighted by Gasteiger charge is 2.48. The van der Waals surface area contributed by atoms with Crippen molar-refractivity contribution in [3.8, 4) is 0 Å². The normalized spacial score (nSPS) is 36.5. The van der Waals surface area contributed by atoms with Crippen molar-refractivity contribution < 1.29 is 15.1 Å². The molecular weight excluding hydrogens is 394 g/mol. The van der Waals surface area contributed by atoms with Crippen molar-refractivity contribution in [2.45, 2.75) is 44.3 Å². The van der Waals surface area contributed by atoms with Gasteiger partial charge in [-0.2, -0.15) is 0 Å². The van der Waals surface area contributed by atoms with Crippen LogP contribution in [-0.4, -0.2) is 39.7 Å². The fraction of sp³-hybridized carbons (Fsp3) is 0.600. The molecule has 0 spiro atoms. The molecule has 0 amide bonds. The van der Waals surface area contributed by atoms with Crippen LogP contribution >= 0.6 is 15.9 Å². The third kappa shape index (κ3) is 3.43. The molecule has 0 radical (unpaired) electrons. The number of aliphatic hydroxyl groups is 2. The number of hydrogen-bond donors (Lipinski definition) is 6. The highest BCUT2D eigenvalue weighted by molar-refractivity contribution is 9.10. The molecule has 1 aromatic carbocycles. The maximum Gasteiger partial charge on any atom is 0.283 e. The van der Waals surface area contributed by atoms with Crippen molar-refractivity contribution in [3.63, 3.8) is 0 Å². The van der Waals surface area contributed by atoms with Crippen LogP contribution in [0.5, 0.6) is 0 Å². The third-order valence-corrected chi connectivity index (χ3v) is 5.85. The molecule has 138 valence electrons. The van der Waals surface area contributed by atoms with Gasteiger partial charge in [0.1, 0.15) is 12.5 Å². The molecule has 0 bridgehead atoms. The first-order chi connectivity index (χ1) is 11.8. The van der Waals surface area contributed by atoms with Gasteiger partial charge in [0.25, 0.3) is 5.69 Å². The Bertz CT molecular complexity index is 619. The van der Waals surface area contributed by atoms with Gasteiger partial charge in [-0.3, -0.25) is 21.0 Å². The number of hydrogen-bond acceptors (Lipinski definition) is 8. The largest absolute Gasteiger partial charge is 0.377 e. The molecule has 2 saturated heterocycles. The highest BCUT2D eigenvalue weighted by atomic mass is 79.9. The lowest BCUT2D eigenvalue weighted by Crippen LogP contribution is -2.41. The quantitative estimate of drug-likeness (QED) is 0.305. The minimum absolute atomic E-state index is 0.0374. The Balaban J connectivity index is 2.08. The topological polar surface area (TPSA) is 132 Å². The van der Waals surface area contributed by atoms with Crippen molar-refractivity contribution in [3.05, 3.63) is 38.3 Å². The van der Waals surface area contributed by atoms with E-state index in [0.29, 0.717) is 10.0 Å². The number of nitro groups is 1. The lowest BCUT2D eigenvalue weighted by Gasteiger charge is -2.35. The van der Waals surface area contributed by atoms with E-state index in [2.05, 4.69) is 37.6 Å². The van der Waals surface area contributed by atoms with Crippen molar-refractivity contribution >= 4 is 21.6 Å². The van der Waals surface area contributed by atoms with E-state index in [1.54, 1.807) is 12.1 Å². The molecule has 1 aromatic rings. The minimum atomic E-state index is -0.831. The average molecular weight is 416 g/mol. The maximum absolute atomic E-state index is 11.3. The number of nitrogens with one attached hydrogen (secondary N) is 4. The van der Waals surface area contributed by atoms with E-state index >= 15 is 0 Å². The molecule has 2 fully saturated rings. The van der Waals surface area contributed by atoms with Gasteiger partial charge in [-0.1, -0.05) is 6.07 Å². The van der Waals surface area contributed by atoms with Crippen LogP contribution in [0.2, 0.25) is 0 Å². The molecule has 10 heteroatoms. The summed E-state index contributed by atoms with van der Waals surface area (Å²) in [5.41, 5.74) is 12.3. The predicted octanol–water partition coefficient (Wildman–Crippen LogP) is 0.303. The molecule has 2 heterocycles. The van der Waals surface area contributed by atoms with Crippen molar-refractivity contribution in [2.75, 3.05) is 0 Å². The average Bonchev–Trinajstić information content (AvgIpc) is 3.06. The molecule has 0 aromatic heterocycles. The van der Waals surface area contributed by atoms with Crippen LogP contribution in [0.4, 0.5) is 5.69 Å². The Morgan fingerprint density at radius 1 is 1.08 bits per heavy atom. The molecule has 0 saturated carbocycles. The number of hydrazine groups is 2. The second-order valence-electron chi connectivity index (χ2n) is 6.69. The molecule has 2 aliphatic heterocycles. The zero-order valence-electron chi connectivity index (χ0n) is 13.8. The minimum Gasteiger partial charge on any atom is -0.377 e. The molecule has 2 aliphatic rings. The molecule has 6 atom stereocenters. The van der Waals surface area contributed by atoms with Gasteiger partial charge in [-0.25, -0.2) is 10.9 Å². The summed E-state index contributed by atoms with van der Waals surface area (Å²) in [6.45, 7) is 3.86. The second kappa shape index (κ2) is 7.23. The SMILES string of the molecule is CC1NNC(O)C1C(c1ccc(Br)c([N+](=O)[O-])c1)C1C(C)NNC1O. The Labute approximate surface area is 153 Å². The number of nitro benzene ring substituents is 1. The molecule has 9 nitrogen and oxygen atoms in total. The number of halogens is 1. The van der Waals surface area contributed by atoms with Gasteiger partial charge >= 0.3 is 0 Å². The lowest BCUT2D eigenvalue weighted by atomic mass is 9.71. The first kappa shape index (κ1) is 18.6. The Morgan fingerprint density at radius 3 is 2.00 bits per heavy atom. The first-order valence-electron chi connectivity index (χ1n) is 8.13. The summed E-state index contributed by atoms with van der Waals surface area (Å²) in [4.78, 5) is 10.9. The molecule has 3 rings (SSSR count). The molecular formula is C15H22BrN5O4. The smallest absolute Gasteiger partial charge is 0.283 e. The van der Waals surface area contributed by atoms with Crippen LogP contribution in [-0.2, 0) is 0 Å². The molecule has 6 N–H and O–H groups in total. The fourth-order valence-electron chi connectivity index (χ4n) is 3.96. The summed E-state index contributed by atoms with van der Waals surface area (Å²) in [6.07, 6.45) is -1.66. The number of rotatable bonds is 4. The van der Waals surface area contributed by atoms with Crippen LogP contribution in [0.25, 0.3) is 0 Å². The monoisotopic (exact) mass is 415 g/mol. The highest BCUT2D eigenvalue weighted by Crippen LogP contribution is 2.43. The van der Waals surface area contributed by atoms with Crippen LogP contribution < -0.4 is 21.7 Å². The van der Waals surface area contributed by atoms with Gasteiger partial charge in [-0.05, 0) is 41.4 Å². The lowest BCUT2D eigenvalue weighted by molar-refractivity contribution is -0.385. The van der Waals surface area contributed by atoms with Gasteiger partial charge in [0.15, 0.2) is 0 Å². The molecule has 25 heavy (non-hydrogen) atoms. The number of aliphatic hydroxyl groups excluding tert-OH is 2. The van der Waals surface area contributed by atoms with Crippen LogP contribution in [0.3, 0.4) is 0 Å². The third-order valence-electron chi connectivity index (χ3n) is 5.18. The van der Waals surface area contributed by atoms with Gasteiger partial charge in [-0.15, -0.1) is 0 Å². The van der Waals surface area contributed by atoms with Gasteiger partial charge in [0.05, 0.1) is 9.40 Å². The molecule has 0 aliphatic carbocycles. The summed E-state index contributed by atoms with van der Waals surface area (Å²) < 4.78 is 0.396. The van der Waals surface area contributed by atoms with E-state index in [4.69, 9.17) is 0 Å². The summed E-state index contributed by atoms with van der Waals surface area (Å²) >= 11 is 3.20. The first-order valence-corrected chi connectivity index (χ1v) is 8.92. The molecule has 6 unspecified atom stereocenters. The predicted molar refractivity (Wildman–Crippen MR) is 94.0 cm³/mol. The van der Waals surface area contributed by atoms with Gasteiger partial charge in [0.2, 0.25) is 0 Å². The van der Waals surface area contributed by atoms with Crippen molar-refractivity contribution in [1.82, 2.24) is 21.7 Å².